The van der Waals surface area contributed by atoms with Crippen LogP contribution in [0.25, 0.3) is 0 Å². The van der Waals surface area contributed by atoms with Crippen molar-refractivity contribution < 1.29 is 9.59 Å². The molecule has 1 amide bonds. The van der Waals surface area contributed by atoms with Crippen molar-refractivity contribution >= 4 is 17.4 Å². The predicted octanol–water partition coefficient (Wildman–Crippen LogP) is 4.43. The molecule has 0 heterocycles. The highest BCUT2D eigenvalue weighted by molar-refractivity contribution is 5.98. The molecule has 4 fully saturated rings. The molecule has 0 radical (unpaired) electrons. The molecule has 0 spiro atoms. The number of benzene rings is 1. The summed E-state index contributed by atoms with van der Waals surface area (Å²) in [6, 6.07) is 9.10. The minimum atomic E-state index is -0.328. The topological polar surface area (TPSA) is 82.0 Å². The fourth-order valence-electron chi connectivity index (χ4n) is 6.27. The number of amides is 1. The quantitative estimate of drug-likeness (QED) is 0.427. The Labute approximate surface area is 172 Å². The van der Waals surface area contributed by atoms with Gasteiger partial charge in [0.05, 0.1) is 0 Å². The molecule has 0 saturated heterocycles. The average molecular weight is 392 g/mol. The fraction of sp³-hybridized carbons (Fsp3) is 0.542. The Kier molecular flexibility index (Phi) is 5.21. The number of Topliss-reactive ketones (excluding diaryl/α,β-unsaturated/α-hetero) is 1. The third-order valence-corrected chi connectivity index (χ3v) is 7.37. The Morgan fingerprint density at radius 1 is 1.17 bits per heavy atom. The van der Waals surface area contributed by atoms with E-state index in [9.17, 15) is 14.9 Å². The molecule has 4 saturated carbocycles. The summed E-state index contributed by atoms with van der Waals surface area (Å²) in [4.78, 5) is 24.3. The Bertz CT molecular complexity index is 860. The molecule has 0 aliphatic heterocycles. The Balaban J connectivity index is 1.43. The monoisotopic (exact) mass is 391 g/mol. The number of carbonyl (C=O) groups excluding carboxylic acids is 2. The second-order valence-electron chi connectivity index (χ2n) is 9.43. The second-order valence-corrected chi connectivity index (χ2v) is 9.43. The first-order valence-electron chi connectivity index (χ1n) is 10.7. The third kappa shape index (κ3) is 3.94. The van der Waals surface area contributed by atoms with E-state index in [1.165, 1.54) is 51.6 Å². The van der Waals surface area contributed by atoms with Crippen LogP contribution in [0.4, 0.5) is 5.69 Å². The van der Waals surface area contributed by atoms with E-state index in [0.29, 0.717) is 11.3 Å². The summed E-state index contributed by atoms with van der Waals surface area (Å²) >= 11 is 0. The van der Waals surface area contributed by atoms with Crippen molar-refractivity contribution in [2.24, 2.45) is 23.2 Å². The highest BCUT2D eigenvalue weighted by Gasteiger charge is 2.53. The molecule has 4 aliphatic carbocycles. The molecule has 2 N–H and O–H groups in total. The standard InChI is InChI=1S/C24H29N3O2/c1-15(28)20-4-3-5-22(9-20)26-14-21(13-25)23(29)27-16(2)24-10-17-6-18(11-24)8-19(7-17)12-24/h3-5,9,14,16-19,26H,6-8,10-12H2,1-2H3,(H,27,29)/b21-14-. The second kappa shape index (κ2) is 7.67. The van der Waals surface area contributed by atoms with Gasteiger partial charge in [-0.15, -0.1) is 0 Å². The zero-order valence-electron chi connectivity index (χ0n) is 17.2. The molecule has 152 valence electrons. The van der Waals surface area contributed by atoms with Gasteiger partial charge in [0, 0.05) is 23.5 Å². The number of carbonyl (C=O) groups is 2. The fourth-order valence-corrected chi connectivity index (χ4v) is 6.27. The predicted molar refractivity (Wildman–Crippen MR) is 112 cm³/mol. The van der Waals surface area contributed by atoms with E-state index in [0.717, 1.165) is 17.8 Å². The molecule has 5 nitrogen and oxygen atoms in total. The van der Waals surface area contributed by atoms with Crippen LogP contribution in [0.2, 0.25) is 0 Å². The SMILES string of the molecule is CC(=O)c1cccc(N/C=C(/C#N)C(=O)NC(C)C23CC4CC(CC(C4)C2)C3)c1. The van der Waals surface area contributed by atoms with Crippen LogP contribution < -0.4 is 10.6 Å². The molecule has 0 aromatic heterocycles. The lowest BCUT2D eigenvalue weighted by molar-refractivity contribution is -0.122. The van der Waals surface area contributed by atoms with Crippen molar-refractivity contribution in [3.8, 4) is 6.07 Å². The zero-order chi connectivity index (χ0) is 20.6. The molecule has 4 bridgehead atoms. The van der Waals surface area contributed by atoms with Gasteiger partial charge in [-0.25, -0.2) is 0 Å². The summed E-state index contributed by atoms with van der Waals surface area (Å²) < 4.78 is 0. The molecule has 5 rings (SSSR count). The summed E-state index contributed by atoms with van der Waals surface area (Å²) in [5.41, 5.74) is 1.51. The van der Waals surface area contributed by atoms with E-state index in [2.05, 4.69) is 17.6 Å². The first-order valence-corrected chi connectivity index (χ1v) is 10.7. The van der Waals surface area contributed by atoms with Crippen LogP contribution in [0, 0.1) is 34.5 Å². The van der Waals surface area contributed by atoms with E-state index in [1.807, 2.05) is 6.07 Å². The number of nitriles is 1. The van der Waals surface area contributed by atoms with Crippen LogP contribution in [0.3, 0.4) is 0 Å². The maximum absolute atomic E-state index is 12.8. The number of hydrogen-bond donors (Lipinski definition) is 2. The number of anilines is 1. The van der Waals surface area contributed by atoms with Crippen molar-refractivity contribution in [2.45, 2.75) is 58.4 Å². The van der Waals surface area contributed by atoms with Crippen LogP contribution >= 0.6 is 0 Å². The maximum Gasteiger partial charge on any atom is 0.263 e. The van der Waals surface area contributed by atoms with Crippen LogP contribution in [0.1, 0.15) is 62.7 Å². The summed E-state index contributed by atoms with van der Waals surface area (Å²) in [6.07, 6.45) is 9.17. The normalized spacial score (nSPS) is 31.1. The largest absolute Gasteiger partial charge is 0.360 e. The molecule has 1 aromatic rings. The first-order chi connectivity index (χ1) is 13.9. The number of nitrogens with one attached hydrogen (secondary N) is 2. The molecular formula is C24H29N3O2. The van der Waals surface area contributed by atoms with Gasteiger partial charge in [-0.3, -0.25) is 9.59 Å². The Hall–Kier alpha value is -2.61. The lowest BCUT2D eigenvalue weighted by Crippen LogP contribution is -2.56. The number of hydrogen-bond acceptors (Lipinski definition) is 4. The minimum Gasteiger partial charge on any atom is -0.360 e. The molecule has 1 aromatic carbocycles. The minimum absolute atomic E-state index is 0.0275. The van der Waals surface area contributed by atoms with Gasteiger partial charge in [0.25, 0.3) is 5.91 Å². The van der Waals surface area contributed by atoms with Gasteiger partial charge in [0.1, 0.15) is 11.6 Å². The Morgan fingerprint density at radius 3 is 2.34 bits per heavy atom. The summed E-state index contributed by atoms with van der Waals surface area (Å²) in [5.74, 6) is 2.11. The van der Waals surface area contributed by atoms with Crippen LogP contribution in [-0.2, 0) is 4.79 Å². The number of rotatable bonds is 6. The van der Waals surface area contributed by atoms with E-state index < -0.39 is 0 Å². The molecule has 29 heavy (non-hydrogen) atoms. The van der Waals surface area contributed by atoms with Crippen molar-refractivity contribution in [1.29, 1.82) is 5.26 Å². The summed E-state index contributed by atoms with van der Waals surface area (Å²) in [7, 11) is 0. The first kappa shape index (κ1) is 19.7. The average Bonchev–Trinajstić information content (AvgIpc) is 2.67. The van der Waals surface area contributed by atoms with E-state index in [-0.39, 0.29) is 28.7 Å². The van der Waals surface area contributed by atoms with Crippen LogP contribution in [0.15, 0.2) is 36.0 Å². The van der Waals surface area contributed by atoms with Gasteiger partial charge < -0.3 is 10.6 Å². The maximum atomic E-state index is 12.8. The van der Waals surface area contributed by atoms with Crippen molar-refractivity contribution in [1.82, 2.24) is 5.32 Å². The van der Waals surface area contributed by atoms with Gasteiger partial charge in [-0.2, -0.15) is 5.26 Å². The van der Waals surface area contributed by atoms with Gasteiger partial charge in [-0.1, -0.05) is 12.1 Å². The Morgan fingerprint density at radius 2 is 1.79 bits per heavy atom. The molecule has 5 heteroatoms. The zero-order valence-corrected chi connectivity index (χ0v) is 17.2. The van der Waals surface area contributed by atoms with Gasteiger partial charge in [-0.05, 0) is 87.7 Å². The molecule has 1 unspecified atom stereocenters. The smallest absolute Gasteiger partial charge is 0.263 e. The lowest BCUT2D eigenvalue weighted by atomic mass is 9.48. The van der Waals surface area contributed by atoms with Crippen molar-refractivity contribution in [2.75, 3.05) is 5.32 Å². The summed E-state index contributed by atoms with van der Waals surface area (Å²) in [6.45, 7) is 3.62. The van der Waals surface area contributed by atoms with Gasteiger partial charge in [0.2, 0.25) is 0 Å². The van der Waals surface area contributed by atoms with Crippen LogP contribution in [0.5, 0.6) is 0 Å². The summed E-state index contributed by atoms with van der Waals surface area (Å²) in [5, 5.41) is 15.6. The van der Waals surface area contributed by atoms with Crippen molar-refractivity contribution in [3.05, 3.63) is 41.6 Å². The molecule has 4 aliphatic rings. The number of nitrogens with zero attached hydrogens (tertiary/aromatic N) is 1. The highest BCUT2D eigenvalue weighted by atomic mass is 16.1. The van der Waals surface area contributed by atoms with E-state index in [1.54, 1.807) is 24.3 Å². The highest BCUT2D eigenvalue weighted by Crippen LogP contribution is 2.61. The molecule has 1 atom stereocenters. The van der Waals surface area contributed by atoms with Gasteiger partial charge >= 0.3 is 0 Å². The van der Waals surface area contributed by atoms with Crippen LogP contribution in [-0.4, -0.2) is 17.7 Å². The lowest BCUT2D eigenvalue weighted by Gasteiger charge is -2.59. The molecular weight excluding hydrogens is 362 g/mol. The van der Waals surface area contributed by atoms with Crippen molar-refractivity contribution in [3.63, 3.8) is 0 Å². The van der Waals surface area contributed by atoms with E-state index >= 15 is 0 Å². The third-order valence-electron chi connectivity index (χ3n) is 7.37. The number of ketones is 1. The van der Waals surface area contributed by atoms with Gasteiger partial charge in [0.15, 0.2) is 5.78 Å². The van der Waals surface area contributed by atoms with E-state index in [4.69, 9.17) is 0 Å².